The van der Waals surface area contributed by atoms with Gasteiger partial charge in [-0.2, -0.15) is 0 Å². The summed E-state index contributed by atoms with van der Waals surface area (Å²) in [4.78, 5) is 15.0. The molecule has 5 heteroatoms. The van der Waals surface area contributed by atoms with Gasteiger partial charge in [0.25, 0.3) is 5.91 Å². The molecule has 1 fully saturated rings. The zero-order valence-corrected chi connectivity index (χ0v) is 14.8. The first-order valence-electron chi connectivity index (χ1n) is 8.58. The minimum Gasteiger partial charge on any atom is -0.371 e. The summed E-state index contributed by atoms with van der Waals surface area (Å²) in [6.45, 7) is 10.3. The third kappa shape index (κ3) is 3.30. The van der Waals surface area contributed by atoms with Crippen LogP contribution >= 0.6 is 0 Å². The standard InChI is InChI=1S/C19H25N3O2/c1-12(2)18-17(14(4)21-24-18)19(23)20-15-5-7-16(8-6-15)22-10-9-13(3)11-22/h5-8,12-13H,9-11H2,1-4H3,(H,20,23). The Morgan fingerprint density at radius 3 is 2.62 bits per heavy atom. The number of carbonyl (C=O) groups excluding carboxylic acids is 1. The van der Waals surface area contributed by atoms with Gasteiger partial charge in [0.05, 0.1) is 5.69 Å². The lowest BCUT2D eigenvalue weighted by molar-refractivity contribution is 0.102. The molecule has 2 aromatic rings. The normalized spacial score (nSPS) is 17.5. The minimum atomic E-state index is -0.167. The first-order valence-corrected chi connectivity index (χ1v) is 8.58. The Labute approximate surface area is 143 Å². The summed E-state index contributed by atoms with van der Waals surface area (Å²) in [5, 5.41) is 6.88. The number of anilines is 2. The largest absolute Gasteiger partial charge is 0.371 e. The van der Waals surface area contributed by atoms with Gasteiger partial charge in [-0.1, -0.05) is 25.9 Å². The van der Waals surface area contributed by atoms with E-state index in [0.717, 1.165) is 24.7 Å². The Balaban J connectivity index is 1.72. The van der Waals surface area contributed by atoms with Gasteiger partial charge >= 0.3 is 0 Å². The summed E-state index contributed by atoms with van der Waals surface area (Å²) in [7, 11) is 0. The van der Waals surface area contributed by atoms with Crippen molar-refractivity contribution in [3.8, 4) is 0 Å². The highest BCUT2D eigenvalue weighted by atomic mass is 16.5. The topological polar surface area (TPSA) is 58.4 Å². The van der Waals surface area contributed by atoms with Crippen LogP contribution in [-0.2, 0) is 0 Å². The molecule has 1 atom stereocenters. The number of nitrogens with one attached hydrogen (secondary N) is 1. The zero-order chi connectivity index (χ0) is 17.3. The number of amides is 1. The van der Waals surface area contributed by atoms with Crippen molar-refractivity contribution in [1.82, 2.24) is 5.16 Å². The number of hydrogen-bond donors (Lipinski definition) is 1. The Morgan fingerprint density at radius 2 is 2.04 bits per heavy atom. The van der Waals surface area contributed by atoms with Crippen LogP contribution in [0.2, 0.25) is 0 Å². The highest BCUT2D eigenvalue weighted by molar-refractivity contribution is 6.05. The van der Waals surface area contributed by atoms with Crippen LogP contribution in [0, 0.1) is 12.8 Å². The number of rotatable bonds is 4. The highest BCUT2D eigenvalue weighted by Crippen LogP contribution is 2.26. The van der Waals surface area contributed by atoms with E-state index in [2.05, 4.69) is 34.4 Å². The Kier molecular flexibility index (Phi) is 4.60. The van der Waals surface area contributed by atoms with Crippen LogP contribution in [0.25, 0.3) is 0 Å². The second kappa shape index (κ2) is 6.67. The second-order valence-corrected chi connectivity index (χ2v) is 7.00. The van der Waals surface area contributed by atoms with Gasteiger partial charge in [0.2, 0.25) is 0 Å². The Hall–Kier alpha value is -2.30. The number of nitrogens with zero attached hydrogens (tertiary/aromatic N) is 2. The molecule has 1 aromatic carbocycles. The number of aryl methyl sites for hydroxylation is 1. The molecule has 0 spiro atoms. The third-order valence-electron chi connectivity index (χ3n) is 4.55. The smallest absolute Gasteiger partial charge is 0.261 e. The summed E-state index contributed by atoms with van der Waals surface area (Å²) in [6.07, 6.45) is 1.24. The molecule has 1 unspecified atom stereocenters. The van der Waals surface area contributed by atoms with Crippen LogP contribution in [0.4, 0.5) is 11.4 Å². The van der Waals surface area contributed by atoms with E-state index in [9.17, 15) is 4.79 Å². The van der Waals surface area contributed by atoms with Gasteiger partial charge in [0, 0.05) is 30.4 Å². The molecule has 1 aliphatic rings. The molecule has 1 amide bonds. The fourth-order valence-electron chi connectivity index (χ4n) is 3.18. The number of benzene rings is 1. The highest BCUT2D eigenvalue weighted by Gasteiger charge is 2.23. The van der Waals surface area contributed by atoms with Crippen LogP contribution in [0.15, 0.2) is 28.8 Å². The van der Waals surface area contributed by atoms with Crippen LogP contribution < -0.4 is 10.2 Å². The van der Waals surface area contributed by atoms with Gasteiger partial charge in [-0.3, -0.25) is 4.79 Å². The van der Waals surface area contributed by atoms with Gasteiger partial charge in [-0.05, 0) is 43.5 Å². The number of aromatic nitrogens is 1. The lowest BCUT2D eigenvalue weighted by atomic mass is 10.0. The molecule has 0 radical (unpaired) electrons. The molecule has 0 bridgehead atoms. The fourth-order valence-corrected chi connectivity index (χ4v) is 3.18. The van der Waals surface area contributed by atoms with Gasteiger partial charge < -0.3 is 14.7 Å². The minimum absolute atomic E-state index is 0.117. The molecular formula is C19H25N3O2. The molecule has 1 aliphatic heterocycles. The Bertz CT molecular complexity index is 719. The summed E-state index contributed by atoms with van der Waals surface area (Å²) in [5.41, 5.74) is 3.16. The van der Waals surface area contributed by atoms with Crippen molar-refractivity contribution >= 4 is 17.3 Å². The van der Waals surface area contributed by atoms with Crippen LogP contribution in [0.5, 0.6) is 0 Å². The van der Waals surface area contributed by atoms with Crippen molar-refractivity contribution in [3.05, 3.63) is 41.3 Å². The van der Waals surface area contributed by atoms with E-state index in [1.165, 1.54) is 12.1 Å². The van der Waals surface area contributed by atoms with Crippen LogP contribution in [-0.4, -0.2) is 24.2 Å². The van der Waals surface area contributed by atoms with Crippen molar-refractivity contribution < 1.29 is 9.32 Å². The summed E-state index contributed by atoms with van der Waals surface area (Å²) in [6, 6.07) is 8.04. The second-order valence-electron chi connectivity index (χ2n) is 7.00. The van der Waals surface area contributed by atoms with Gasteiger partial charge in [0.1, 0.15) is 5.56 Å². The molecule has 1 aromatic heterocycles. The summed E-state index contributed by atoms with van der Waals surface area (Å²) < 4.78 is 5.29. The van der Waals surface area contributed by atoms with E-state index in [0.29, 0.717) is 17.0 Å². The summed E-state index contributed by atoms with van der Waals surface area (Å²) in [5.74, 6) is 1.33. The molecule has 24 heavy (non-hydrogen) atoms. The summed E-state index contributed by atoms with van der Waals surface area (Å²) >= 11 is 0. The molecule has 128 valence electrons. The molecule has 2 heterocycles. The molecule has 0 aliphatic carbocycles. The van der Waals surface area contributed by atoms with Gasteiger partial charge in [0.15, 0.2) is 5.76 Å². The average Bonchev–Trinajstić information content (AvgIpc) is 3.14. The van der Waals surface area contributed by atoms with E-state index < -0.39 is 0 Å². The lowest BCUT2D eigenvalue weighted by Gasteiger charge is -2.18. The zero-order valence-electron chi connectivity index (χ0n) is 14.8. The molecule has 0 saturated carbocycles. The maximum Gasteiger partial charge on any atom is 0.261 e. The van der Waals surface area contributed by atoms with Crippen LogP contribution in [0.3, 0.4) is 0 Å². The maximum absolute atomic E-state index is 12.6. The SMILES string of the molecule is Cc1noc(C(C)C)c1C(=O)Nc1ccc(N2CCC(C)C2)cc1. The quantitative estimate of drug-likeness (QED) is 0.914. The third-order valence-corrected chi connectivity index (χ3v) is 4.55. The van der Waals surface area contributed by atoms with E-state index in [4.69, 9.17) is 4.52 Å². The van der Waals surface area contributed by atoms with Crippen molar-refractivity contribution in [2.75, 3.05) is 23.3 Å². The first-order chi connectivity index (χ1) is 11.5. The molecule has 5 nitrogen and oxygen atoms in total. The number of hydrogen-bond acceptors (Lipinski definition) is 4. The van der Waals surface area contributed by atoms with Gasteiger partial charge in [-0.15, -0.1) is 0 Å². The molecule has 3 rings (SSSR count). The van der Waals surface area contributed by atoms with Crippen molar-refractivity contribution in [1.29, 1.82) is 0 Å². The maximum atomic E-state index is 12.6. The predicted molar refractivity (Wildman–Crippen MR) is 95.7 cm³/mol. The number of carbonyl (C=O) groups is 1. The molecular weight excluding hydrogens is 302 g/mol. The predicted octanol–water partition coefficient (Wildman–Crippen LogP) is 4.20. The fraction of sp³-hybridized carbons (Fsp3) is 0.474. The van der Waals surface area contributed by atoms with E-state index in [-0.39, 0.29) is 11.8 Å². The van der Waals surface area contributed by atoms with Crippen LogP contribution in [0.1, 0.15) is 54.9 Å². The van der Waals surface area contributed by atoms with Crippen molar-refractivity contribution in [2.24, 2.45) is 5.92 Å². The molecule has 1 saturated heterocycles. The first kappa shape index (κ1) is 16.6. The average molecular weight is 327 g/mol. The van der Waals surface area contributed by atoms with Gasteiger partial charge in [-0.25, -0.2) is 0 Å². The van der Waals surface area contributed by atoms with E-state index in [1.54, 1.807) is 6.92 Å². The monoisotopic (exact) mass is 327 g/mol. The Morgan fingerprint density at radius 1 is 1.33 bits per heavy atom. The van der Waals surface area contributed by atoms with Crippen molar-refractivity contribution in [2.45, 2.75) is 40.0 Å². The van der Waals surface area contributed by atoms with Crippen molar-refractivity contribution in [3.63, 3.8) is 0 Å². The molecule has 1 N–H and O–H groups in total. The lowest BCUT2D eigenvalue weighted by Crippen LogP contribution is -2.19. The van der Waals surface area contributed by atoms with E-state index in [1.807, 2.05) is 26.0 Å². The van der Waals surface area contributed by atoms with E-state index >= 15 is 0 Å².